The summed E-state index contributed by atoms with van der Waals surface area (Å²) in [6.07, 6.45) is 1.88. The van der Waals surface area contributed by atoms with Crippen LogP contribution in [-0.2, 0) is 4.79 Å². The molecule has 2 rings (SSSR count). The molecule has 1 aliphatic rings. The van der Waals surface area contributed by atoms with Gasteiger partial charge in [0.25, 0.3) is 5.91 Å². The Kier molecular flexibility index (Phi) is 4.72. The molecular weight excluding hydrogens is 304 g/mol. The van der Waals surface area contributed by atoms with Gasteiger partial charge in [0.2, 0.25) is 0 Å². The number of rotatable bonds is 6. The van der Waals surface area contributed by atoms with Crippen molar-refractivity contribution in [2.45, 2.75) is 32.2 Å². The van der Waals surface area contributed by atoms with Crippen molar-refractivity contribution in [3.8, 4) is 11.8 Å². The van der Waals surface area contributed by atoms with E-state index >= 15 is 0 Å². The standard InChI is InChI=1S/C16H17ClN2O3/c1-10(20)13-7-12(17)5-6-14(13)22-8-15(21)19-16(2,9-18)11-3-4-11/h5-7,11H,3-4,8H2,1-2H3,(H,19,21). The number of Topliss-reactive ketones (excluding diaryl/α,β-unsaturated/α-hetero) is 1. The van der Waals surface area contributed by atoms with E-state index < -0.39 is 5.54 Å². The van der Waals surface area contributed by atoms with E-state index in [4.69, 9.17) is 16.3 Å². The Labute approximate surface area is 134 Å². The predicted molar refractivity (Wildman–Crippen MR) is 81.8 cm³/mol. The SMILES string of the molecule is CC(=O)c1cc(Cl)ccc1OCC(=O)NC(C)(C#N)C1CC1. The number of nitrogens with zero attached hydrogens (tertiary/aromatic N) is 1. The summed E-state index contributed by atoms with van der Waals surface area (Å²) in [5.41, 5.74) is -0.533. The number of ketones is 1. The van der Waals surface area contributed by atoms with Crippen LogP contribution in [0.2, 0.25) is 5.02 Å². The highest BCUT2D eigenvalue weighted by Crippen LogP contribution is 2.39. The Balaban J connectivity index is 2.00. The zero-order valence-electron chi connectivity index (χ0n) is 12.5. The molecule has 0 bridgehead atoms. The van der Waals surface area contributed by atoms with Crippen LogP contribution in [0.4, 0.5) is 0 Å². The molecule has 0 heterocycles. The Morgan fingerprint density at radius 2 is 2.18 bits per heavy atom. The maximum absolute atomic E-state index is 12.0. The minimum atomic E-state index is -0.857. The van der Waals surface area contributed by atoms with Crippen LogP contribution in [0.5, 0.6) is 5.75 Å². The van der Waals surface area contributed by atoms with Gasteiger partial charge in [0.05, 0.1) is 11.6 Å². The third-order valence-corrected chi connectivity index (χ3v) is 3.94. The Morgan fingerprint density at radius 1 is 1.50 bits per heavy atom. The number of carbonyl (C=O) groups excluding carboxylic acids is 2. The van der Waals surface area contributed by atoms with Gasteiger partial charge >= 0.3 is 0 Å². The summed E-state index contributed by atoms with van der Waals surface area (Å²) in [4.78, 5) is 23.5. The fourth-order valence-corrected chi connectivity index (χ4v) is 2.43. The maximum Gasteiger partial charge on any atom is 0.259 e. The van der Waals surface area contributed by atoms with E-state index in [-0.39, 0.29) is 24.2 Å². The van der Waals surface area contributed by atoms with E-state index in [1.807, 2.05) is 0 Å². The summed E-state index contributed by atoms with van der Waals surface area (Å²) in [5, 5.41) is 12.3. The van der Waals surface area contributed by atoms with Crippen LogP contribution in [0.1, 0.15) is 37.0 Å². The molecule has 1 aliphatic carbocycles. The van der Waals surface area contributed by atoms with Gasteiger partial charge in [-0.1, -0.05) is 11.6 Å². The monoisotopic (exact) mass is 320 g/mol. The van der Waals surface area contributed by atoms with Gasteiger partial charge in [-0.3, -0.25) is 9.59 Å². The van der Waals surface area contributed by atoms with Gasteiger partial charge in [0, 0.05) is 5.02 Å². The molecule has 0 aromatic heterocycles. The highest BCUT2D eigenvalue weighted by molar-refractivity contribution is 6.31. The fraction of sp³-hybridized carbons (Fsp3) is 0.438. The zero-order chi connectivity index (χ0) is 16.3. The third kappa shape index (κ3) is 3.77. The maximum atomic E-state index is 12.0. The first-order valence-electron chi connectivity index (χ1n) is 7.01. The molecule has 1 fully saturated rings. The summed E-state index contributed by atoms with van der Waals surface area (Å²) in [5.74, 6) is -0.0833. The second-order valence-electron chi connectivity index (χ2n) is 5.62. The number of nitriles is 1. The van der Waals surface area contributed by atoms with E-state index in [0.29, 0.717) is 16.3 Å². The average molecular weight is 321 g/mol. The van der Waals surface area contributed by atoms with Crippen molar-refractivity contribution < 1.29 is 14.3 Å². The topological polar surface area (TPSA) is 79.2 Å². The predicted octanol–water partition coefficient (Wildman–Crippen LogP) is 2.73. The third-order valence-electron chi connectivity index (χ3n) is 3.70. The van der Waals surface area contributed by atoms with E-state index in [1.165, 1.54) is 13.0 Å². The van der Waals surface area contributed by atoms with Crippen LogP contribution < -0.4 is 10.1 Å². The molecule has 1 saturated carbocycles. The first kappa shape index (κ1) is 16.3. The molecule has 1 amide bonds. The molecule has 22 heavy (non-hydrogen) atoms. The van der Waals surface area contributed by atoms with Crippen molar-refractivity contribution in [3.05, 3.63) is 28.8 Å². The Hall–Kier alpha value is -2.06. The molecule has 1 aromatic rings. The molecule has 116 valence electrons. The Morgan fingerprint density at radius 3 is 2.73 bits per heavy atom. The van der Waals surface area contributed by atoms with Crippen molar-refractivity contribution in [2.24, 2.45) is 5.92 Å². The minimum absolute atomic E-state index is 0.197. The summed E-state index contributed by atoms with van der Waals surface area (Å²) in [6, 6.07) is 6.79. The van der Waals surface area contributed by atoms with E-state index in [9.17, 15) is 14.9 Å². The van der Waals surface area contributed by atoms with E-state index in [0.717, 1.165) is 12.8 Å². The summed E-state index contributed by atoms with van der Waals surface area (Å²) < 4.78 is 5.40. The number of nitrogens with one attached hydrogen (secondary N) is 1. The first-order valence-corrected chi connectivity index (χ1v) is 7.39. The molecule has 5 nitrogen and oxygen atoms in total. The quantitative estimate of drug-likeness (QED) is 0.817. The van der Waals surface area contributed by atoms with Gasteiger partial charge in [0.1, 0.15) is 11.3 Å². The molecule has 1 unspecified atom stereocenters. The summed E-state index contributed by atoms with van der Waals surface area (Å²) in [7, 11) is 0. The highest BCUT2D eigenvalue weighted by Gasteiger charge is 2.43. The minimum Gasteiger partial charge on any atom is -0.483 e. The summed E-state index contributed by atoms with van der Waals surface area (Å²) >= 11 is 5.85. The smallest absolute Gasteiger partial charge is 0.259 e. The van der Waals surface area contributed by atoms with Crippen molar-refractivity contribution in [2.75, 3.05) is 6.61 Å². The lowest BCUT2D eigenvalue weighted by atomic mass is 9.98. The van der Waals surface area contributed by atoms with Gasteiger partial charge in [-0.25, -0.2) is 0 Å². The lowest BCUT2D eigenvalue weighted by Gasteiger charge is -2.23. The molecule has 1 aromatic carbocycles. The van der Waals surface area contributed by atoms with Crippen molar-refractivity contribution in [3.63, 3.8) is 0 Å². The normalized spacial score (nSPS) is 16.3. The Bertz CT molecular complexity index is 649. The van der Waals surface area contributed by atoms with Crippen LogP contribution in [-0.4, -0.2) is 23.8 Å². The van der Waals surface area contributed by atoms with Crippen LogP contribution in [0.25, 0.3) is 0 Å². The van der Waals surface area contributed by atoms with Gasteiger partial charge < -0.3 is 10.1 Å². The number of benzene rings is 1. The number of hydrogen-bond donors (Lipinski definition) is 1. The number of carbonyl (C=O) groups is 2. The zero-order valence-corrected chi connectivity index (χ0v) is 13.2. The second kappa shape index (κ2) is 6.37. The van der Waals surface area contributed by atoms with Crippen LogP contribution in [0.3, 0.4) is 0 Å². The molecule has 0 spiro atoms. The van der Waals surface area contributed by atoms with Gasteiger partial charge in [-0.05, 0) is 50.8 Å². The van der Waals surface area contributed by atoms with E-state index in [2.05, 4.69) is 11.4 Å². The average Bonchev–Trinajstić information content (AvgIpc) is 3.30. The van der Waals surface area contributed by atoms with Crippen molar-refractivity contribution in [1.82, 2.24) is 5.32 Å². The van der Waals surface area contributed by atoms with Crippen LogP contribution in [0, 0.1) is 17.2 Å². The highest BCUT2D eigenvalue weighted by atomic mass is 35.5. The largest absolute Gasteiger partial charge is 0.483 e. The lowest BCUT2D eigenvalue weighted by molar-refractivity contribution is -0.124. The number of ether oxygens (including phenoxy) is 1. The van der Waals surface area contributed by atoms with Crippen molar-refractivity contribution in [1.29, 1.82) is 5.26 Å². The van der Waals surface area contributed by atoms with E-state index in [1.54, 1.807) is 19.1 Å². The van der Waals surface area contributed by atoms with Crippen molar-refractivity contribution >= 4 is 23.3 Å². The second-order valence-corrected chi connectivity index (χ2v) is 6.06. The number of hydrogen-bond acceptors (Lipinski definition) is 4. The molecule has 0 radical (unpaired) electrons. The number of amides is 1. The molecule has 6 heteroatoms. The molecule has 0 saturated heterocycles. The lowest BCUT2D eigenvalue weighted by Crippen LogP contribution is -2.48. The van der Waals surface area contributed by atoms with Gasteiger partial charge in [-0.2, -0.15) is 5.26 Å². The van der Waals surface area contributed by atoms with Gasteiger partial charge in [-0.15, -0.1) is 0 Å². The van der Waals surface area contributed by atoms with Crippen LogP contribution >= 0.6 is 11.6 Å². The van der Waals surface area contributed by atoms with Gasteiger partial charge in [0.15, 0.2) is 12.4 Å². The number of halogens is 1. The fourth-order valence-electron chi connectivity index (χ4n) is 2.25. The summed E-state index contributed by atoms with van der Waals surface area (Å²) in [6.45, 7) is 2.86. The molecule has 1 atom stereocenters. The molecule has 1 N–H and O–H groups in total. The van der Waals surface area contributed by atoms with Crippen LogP contribution in [0.15, 0.2) is 18.2 Å². The molecule has 0 aliphatic heterocycles. The first-order chi connectivity index (χ1) is 10.4. The molecular formula is C16H17ClN2O3.